The molecule has 0 radical (unpaired) electrons. The van der Waals surface area contributed by atoms with Crippen LogP contribution in [0.15, 0.2) is 18.2 Å². The summed E-state index contributed by atoms with van der Waals surface area (Å²) in [7, 11) is 2.15. The predicted molar refractivity (Wildman–Crippen MR) is 82.9 cm³/mol. The molecule has 0 unspecified atom stereocenters. The number of nitrogens with zero attached hydrogens (tertiary/aromatic N) is 1. The number of nitrogen functional groups attached to an aromatic ring is 1. The second kappa shape index (κ2) is 7.89. The number of nitrogens with two attached hydrogens (primary N) is 1. The van der Waals surface area contributed by atoms with E-state index in [9.17, 15) is 0 Å². The van der Waals surface area contributed by atoms with Gasteiger partial charge in [-0.15, -0.1) is 0 Å². The number of anilines is 2. The zero-order valence-corrected chi connectivity index (χ0v) is 12.6. The third kappa shape index (κ3) is 5.39. The number of hydrogen-bond donors (Lipinski definition) is 2. The van der Waals surface area contributed by atoms with Gasteiger partial charge in [0.15, 0.2) is 0 Å². The second-order valence-corrected chi connectivity index (χ2v) is 5.04. The molecule has 0 bridgehead atoms. The van der Waals surface area contributed by atoms with Crippen molar-refractivity contribution < 1.29 is 4.74 Å². The summed E-state index contributed by atoms with van der Waals surface area (Å²) in [5.41, 5.74) is 7.59. The normalized spacial score (nSPS) is 11.1. The number of ether oxygens (including phenoxy) is 1. The van der Waals surface area contributed by atoms with Crippen molar-refractivity contribution in [3.63, 3.8) is 0 Å². The van der Waals surface area contributed by atoms with Crippen LogP contribution < -0.4 is 15.8 Å². The number of rotatable bonds is 8. The Morgan fingerprint density at radius 3 is 2.74 bits per heavy atom. The van der Waals surface area contributed by atoms with Crippen molar-refractivity contribution in [3.8, 4) is 5.75 Å². The zero-order valence-electron chi connectivity index (χ0n) is 12.6. The first-order valence-electron chi connectivity index (χ1n) is 7.01. The standard InChI is InChI=1S/C15H27N3O/c1-5-19-15-11-13(7-8-14(15)16)17-9-6-10-18(4)12(2)3/h7-8,11-12,17H,5-6,9-10,16H2,1-4H3. The van der Waals surface area contributed by atoms with E-state index in [4.69, 9.17) is 10.5 Å². The Balaban J connectivity index is 2.39. The van der Waals surface area contributed by atoms with Gasteiger partial charge in [-0.1, -0.05) is 0 Å². The van der Waals surface area contributed by atoms with Crippen LogP contribution in [0.5, 0.6) is 5.75 Å². The van der Waals surface area contributed by atoms with E-state index in [0.717, 1.165) is 30.9 Å². The van der Waals surface area contributed by atoms with Gasteiger partial charge in [-0.2, -0.15) is 0 Å². The van der Waals surface area contributed by atoms with E-state index in [0.29, 0.717) is 18.3 Å². The van der Waals surface area contributed by atoms with Crippen molar-refractivity contribution in [1.29, 1.82) is 0 Å². The van der Waals surface area contributed by atoms with Crippen LogP contribution in [0.2, 0.25) is 0 Å². The van der Waals surface area contributed by atoms with Crippen molar-refractivity contribution in [2.24, 2.45) is 0 Å². The van der Waals surface area contributed by atoms with Crippen LogP contribution in [0.4, 0.5) is 11.4 Å². The maximum atomic E-state index is 5.84. The summed E-state index contributed by atoms with van der Waals surface area (Å²) in [6, 6.07) is 6.43. The van der Waals surface area contributed by atoms with Gasteiger partial charge in [-0.25, -0.2) is 0 Å². The monoisotopic (exact) mass is 265 g/mol. The average Bonchev–Trinajstić information content (AvgIpc) is 2.38. The maximum absolute atomic E-state index is 5.84. The minimum absolute atomic E-state index is 0.598. The van der Waals surface area contributed by atoms with Crippen molar-refractivity contribution in [1.82, 2.24) is 4.90 Å². The first-order chi connectivity index (χ1) is 9.04. The largest absolute Gasteiger partial charge is 0.492 e. The molecule has 0 saturated carbocycles. The highest BCUT2D eigenvalue weighted by Crippen LogP contribution is 2.25. The molecule has 0 amide bonds. The second-order valence-electron chi connectivity index (χ2n) is 5.04. The molecule has 1 aromatic rings. The Bertz CT molecular complexity index is 380. The Morgan fingerprint density at radius 1 is 1.37 bits per heavy atom. The maximum Gasteiger partial charge on any atom is 0.144 e. The molecule has 0 saturated heterocycles. The fourth-order valence-corrected chi connectivity index (χ4v) is 1.74. The summed E-state index contributed by atoms with van der Waals surface area (Å²) in [5, 5.41) is 3.40. The van der Waals surface area contributed by atoms with Gasteiger partial charge in [-0.3, -0.25) is 0 Å². The van der Waals surface area contributed by atoms with Gasteiger partial charge >= 0.3 is 0 Å². The van der Waals surface area contributed by atoms with Crippen molar-refractivity contribution >= 4 is 11.4 Å². The van der Waals surface area contributed by atoms with Gasteiger partial charge in [0.2, 0.25) is 0 Å². The van der Waals surface area contributed by atoms with Crippen LogP contribution in [-0.4, -0.2) is 37.7 Å². The molecule has 0 aliphatic rings. The van der Waals surface area contributed by atoms with Gasteiger partial charge in [0.25, 0.3) is 0 Å². The molecule has 4 heteroatoms. The molecule has 4 nitrogen and oxygen atoms in total. The topological polar surface area (TPSA) is 50.5 Å². The average molecular weight is 265 g/mol. The van der Waals surface area contributed by atoms with Gasteiger partial charge in [0.05, 0.1) is 12.3 Å². The molecule has 0 atom stereocenters. The molecular formula is C15H27N3O. The van der Waals surface area contributed by atoms with E-state index in [1.165, 1.54) is 0 Å². The van der Waals surface area contributed by atoms with Crippen molar-refractivity contribution in [2.45, 2.75) is 33.2 Å². The highest BCUT2D eigenvalue weighted by Gasteiger charge is 2.03. The van der Waals surface area contributed by atoms with Crippen LogP contribution in [0.3, 0.4) is 0 Å². The molecule has 1 aromatic carbocycles. The Morgan fingerprint density at radius 2 is 2.11 bits per heavy atom. The molecular weight excluding hydrogens is 238 g/mol. The van der Waals surface area contributed by atoms with Crippen molar-refractivity contribution in [2.75, 3.05) is 37.8 Å². The Kier molecular flexibility index (Phi) is 6.50. The Labute approximate surface area is 116 Å². The van der Waals surface area contributed by atoms with E-state index < -0.39 is 0 Å². The molecule has 0 aliphatic heterocycles. The van der Waals surface area contributed by atoms with E-state index in [1.54, 1.807) is 0 Å². The van der Waals surface area contributed by atoms with Crippen LogP contribution in [0, 0.1) is 0 Å². The fourth-order valence-electron chi connectivity index (χ4n) is 1.74. The summed E-state index contributed by atoms with van der Waals surface area (Å²) in [6.07, 6.45) is 1.11. The lowest BCUT2D eigenvalue weighted by atomic mass is 10.2. The van der Waals surface area contributed by atoms with Gasteiger partial charge in [-0.05, 0) is 52.9 Å². The highest BCUT2D eigenvalue weighted by molar-refractivity contribution is 5.61. The Hall–Kier alpha value is -1.42. The lowest BCUT2D eigenvalue weighted by Crippen LogP contribution is -2.28. The van der Waals surface area contributed by atoms with Gasteiger partial charge < -0.3 is 20.7 Å². The summed E-state index contributed by atoms with van der Waals surface area (Å²) >= 11 is 0. The quantitative estimate of drug-likeness (QED) is 0.560. The number of benzene rings is 1. The van der Waals surface area contributed by atoms with Crippen LogP contribution in [0.1, 0.15) is 27.2 Å². The minimum Gasteiger partial charge on any atom is -0.492 e. The molecule has 0 spiro atoms. The molecule has 0 heterocycles. The smallest absolute Gasteiger partial charge is 0.144 e. The summed E-state index contributed by atoms with van der Waals surface area (Å²) in [5.74, 6) is 0.756. The molecule has 0 fully saturated rings. The van der Waals surface area contributed by atoms with Gasteiger partial charge in [0, 0.05) is 24.3 Å². The summed E-state index contributed by atoms with van der Waals surface area (Å²) in [4.78, 5) is 2.34. The highest BCUT2D eigenvalue weighted by atomic mass is 16.5. The van der Waals surface area contributed by atoms with E-state index in [2.05, 4.69) is 31.1 Å². The van der Waals surface area contributed by atoms with Crippen molar-refractivity contribution in [3.05, 3.63) is 18.2 Å². The third-order valence-corrected chi connectivity index (χ3v) is 3.21. The summed E-state index contributed by atoms with van der Waals surface area (Å²) in [6.45, 7) is 9.06. The van der Waals surface area contributed by atoms with Crippen LogP contribution in [0.25, 0.3) is 0 Å². The molecule has 0 aliphatic carbocycles. The lowest BCUT2D eigenvalue weighted by molar-refractivity contribution is 0.273. The summed E-state index contributed by atoms with van der Waals surface area (Å²) < 4.78 is 5.48. The SMILES string of the molecule is CCOc1cc(NCCCN(C)C(C)C)ccc1N. The van der Waals surface area contributed by atoms with E-state index >= 15 is 0 Å². The lowest BCUT2D eigenvalue weighted by Gasteiger charge is -2.21. The fraction of sp³-hybridized carbons (Fsp3) is 0.600. The predicted octanol–water partition coefficient (Wildman–Crippen LogP) is 2.81. The molecule has 108 valence electrons. The first-order valence-corrected chi connectivity index (χ1v) is 7.01. The van der Waals surface area contributed by atoms with Crippen LogP contribution in [-0.2, 0) is 0 Å². The first kappa shape index (κ1) is 15.6. The third-order valence-electron chi connectivity index (χ3n) is 3.21. The minimum atomic E-state index is 0.598. The van der Waals surface area contributed by atoms with E-state index in [1.807, 2.05) is 25.1 Å². The van der Waals surface area contributed by atoms with Gasteiger partial charge in [0.1, 0.15) is 5.75 Å². The molecule has 19 heavy (non-hydrogen) atoms. The van der Waals surface area contributed by atoms with Crippen LogP contribution >= 0.6 is 0 Å². The number of nitrogens with one attached hydrogen (secondary N) is 1. The van der Waals surface area contributed by atoms with E-state index in [-0.39, 0.29) is 0 Å². The molecule has 1 rings (SSSR count). The molecule has 0 aromatic heterocycles. The zero-order chi connectivity index (χ0) is 14.3. The number of hydrogen-bond acceptors (Lipinski definition) is 4. The molecule has 3 N–H and O–H groups in total.